The molecule has 0 aliphatic rings. The van der Waals surface area contributed by atoms with Gasteiger partial charge in [-0.2, -0.15) is 5.10 Å². The van der Waals surface area contributed by atoms with Gasteiger partial charge in [0.25, 0.3) is 0 Å². The molecule has 2 aromatic heterocycles. The van der Waals surface area contributed by atoms with Gasteiger partial charge in [-0.05, 0) is 30.9 Å². The summed E-state index contributed by atoms with van der Waals surface area (Å²) in [4.78, 5) is 4.18. The van der Waals surface area contributed by atoms with Crippen molar-refractivity contribution >= 4 is 10.8 Å². The van der Waals surface area contributed by atoms with Crippen LogP contribution in [-0.4, -0.2) is 14.8 Å². The third-order valence-electron chi connectivity index (χ3n) is 4.11. The van der Waals surface area contributed by atoms with Crippen molar-refractivity contribution in [2.24, 2.45) is 7.05 Å². The monoisotopic (exact) mass is 280 g/mol. The van der Waals surface area contributed by atoms with E-state index in [-0.39, 0.29) is 6.04 Å². The van der Waals surface area contributed by atoms with Crippen LogP contribution >= 0.6 is 0 Å². The number of hydrogen-bond donors (Lipinski definition) is 1. The second-order valence-electron chi connectivity index (χ2n) is 5.43. The van der Waals surface area contributed by atoms with Crippen molar-refractivity contribution in [2.45, 2.75) is 26.4 Å². The van der Waals surface area contributed by atoms with Crippen LogP contribution in [0, 0.1) is 6.92 Å². The van der Waals surface area contributed by atoms with E-state index >= 15 is 0 Å². The van der Waals surface area contributed by atoms with E-state index in [0.29, 0.717) is 0 Å². The zero-order valence-corrected chi connectivity index (χ0v) is 12.7. The van der Waals surface area contributed by atoms with Crippen LogP contribution in [0.3, 0.4) is 0 Å². The normalized spacial score (nSPS) is 12.7. The molecule has 3 rings (SSSR count). The minimum Gasteiger partial charge on any atom is -0.306 e. The average molecular weight is 280 g/mol. The maximum atomic E-state index is 4.31. The van der Waals surface area contributed by atoms with Crippen molar-refractivity contribution in [2.75, 3.05) is 0 Å². The Balaban J connectivity index is 1.79. The Bertz CT molecular complexity index is 755. The van der Waals surface area contributed by atoms with E-state index in [9.17, 15) is 0 Å². The van der Waals surface area contributed by atoms with E-state index in [0.717, 1.165) is 6.54 Å². The van der Waals surface area contributed by atoms with Crippen molar-refractivity contribution in [3.8, 4) is 0 Å². The largest absolute Gasteiger partial charge is 0.306 e. The van der Waals surface area contributed by atoms with Crippen molar-refractivity contribution in [3.63, 3.8) is 0 Å². The molecule has 1 N–H and O–H groups in total. The van der Waals surface area contributed by atoms with Crippen LogP contribution < -0.4 is 5.32 Å². The minimum atomic E-state index is 0.274. The summed E-state index contributed by atoms with van der Waals surface area (Å²) in [5, 5.41) is 10.3. The fourth-order valence-corrected chi connectivity index (χ4v) is 2.66. The van der Waals surface area contributed by atoms with Crippen LogP contribution in [0.2, 0.25) is 0 Å². The first-order valence-electron chi connectivity index (χ1n) is 7.20. The second kappa shape index (κ2) is 5.66. The highest BCUT2D eigenvalue weighted by molar-refractivity contribution is 5.84. The van der Waals surface area contributed by atoms with Gasteiger partial charge in [-0.1, -0.05) is 18.2 Å². The lowest BCUT2D eigenvalue weighted by Gasteiger charge is -2.15. The lowest BCUT2D eigenvalue weighted by molar-refractivity contribution is 0.572. The highest BCUT2D eigenvalue weighted by Gasteiger charge is 2.11. The topological polar surface area (TPSA) is 42.7 Å². The SMILES string of the molecule is Cc1c(C(C)NCc2cccc3cnccc23)cnn1C. The molecular formula is C17H20N4. The van der Waals surface area contributed by atoms with Gasteiger partial charge >= 0.3 is 0 Å². The molecule has 1 unspecified atom stereocenters. The average Bonchev–Trinajstić information content (AvgIpc) is 2.84. The van der Waals surface area contributed by atoms with Gasteiger partial charge in [-0.3, -0.25) is 9.67 Å². The van der Waals surface area contributed by atoms with E-state index in [1.165, 1.54) is 27.6 Å². The summed E-state index contributed by atoms with van der Waals surface area (Å²) in [6.07, 6.45) is 5.70. The number of hydrogen-bond acceptors (Lipinski definition) is 3. The Kier molecular flexibility index (Phi) is 3.71. The standard InChI is InChI=1S/C17H20N4/c1-12(17-11-20-21(3)13(17)2)19-10-15-6-4-5-14-9-18-8-7-16(14)15/h4-9,11-12,19H,10H2,1-3H3. The van der Waals surface area contributed by atoms with E-state index in [4.69, 9.17) is 0 Å². The first-order valence-corrected chi connectivity index (χ1v) is 7.20. The molecule has 21 heavy (non-hydrogen) atoms. The van der Waals surface area contributed by atoms with Gasteiger partial charge in [-0.15, -0.1) is 0 Å². The second-order valence-corrected chi connectivity index (χ2v) is 5.43. The number of rotatable bonds is 4. The smallest absolute Gasteiger partial charge is 0.0540 e. The van der Waals surface area contributed by atoms with Crippen molar-refractivity contribution in [1.82, 2.24) is 20.1 Å². The zero-order chi connectivity index (χ0) is 14.8. The molecule has 0 aliphatic heterocycles. The van der Waals surface area contributed by atoms with Gasteiger partial charge in [0.15, 0.2) is 0 Å². The molecule has 4 heteroatoms. The quantitative estimate of drug-likeness (QED) is 0.798. The first-order chi connectivity index (χ1) is 10.2. The van der Waals surface area contributed by atoms with E-state index in [1.54, 1.807) is 0 Å². The lowest BCUT2D eigenvalue weighted by Crippen LogP contribution is -2.18. The van der Waals surface area contributed by atoms with Crippen LogP contribution in [0.15, 0.2) is 42.9 Å². The van der Waals surface area contributed by atoms with Crippen molar-refractivity contribution < 1.29 is 0 Å². The lowest BCUT2D eigenvalue weighted by atomic mass is 10.1. The number of fused-ring (bicyclic) bond motifs is 1. The summed E-state index contributed by atoms with van der Waals surface area (Å²) in [5.74, 6) is 0. The van der Waals surface area contributed by atoms with Gasteiger partial charge in [0.05, 0.1) is 6.20 Å². The van der Waals surface area contributed by atoms with E-state index in [1.807, 2.05) is 30.3 Å². The highest BCUT2D eigenvalue weighted by atomic mass is 15.3. The van der Waals surface area contributed by atoms with Crippen LogP contribution in [-0.2, 0) is 13.6 Å². The van der Waals surface area contributed by atoms with Crippen molar-refractivity contribution in [1.29, 1.82) is 0 Å². The summed E-state index contributed by atoms with van der Waals surface area (Å²) in [5.41, 5.74) is 3.75. The summed E-state index contributed by atoms with van der Waals surface area (Å²) in [7, 11) is 1.98. The zero-order valence-electron chi connectivity index (χ0n) is 12.7. The number of aryl methyl sites for hydroxylation is 1. The van der Waals surface area contributed by atoms with Gasteiger partial charge < -0.3 is 5.32 Å². The van der Waals surface area contributed by atoms with Crippen LogP contribution in [0.5, 0.6) is 0 Å². The highest BCUT2D eigenvalue weighted by Crippen LogP contribution is 2.20. The molecule has 4 nitrogen and oxygen atoms in total. The van der Waals surface area contributed by atoms with Gasteiger partial charge in [0.2, 0.25) is 0 Å². The molecule has 0 spiro atoms. The number of aromatic nitrogens is 3. The molecule has 108 valence electrons. The molecule has 0 saturated heterocycles. The third kappa shape index (κ3) is 2.67. The molecule has 0 amide bonds. The number of pyridine rings is 1. The van der Waals surface area contributed by atoms with E-state index in [2.05, 4.69) is 53.5 Å². The fraction of sp³-hybridized carbons (Fsp3) is 0.294. The molecule has 1 aromatic carbocycles. The molecule has 0 radical (unpaired) electrons. The Morgan fingerprint density at radius 2 is 2.10 bits per heavy atom. The Hall–Kier alpha value is -2.20. The number of nitrogens with zero attached hydrogens (tertiary/aromatic N) is 3. The van der Waals surface area contributed by atoms with E-state index < -0.39 is 0 Å². The number of benzene rings is 1. The van der Waals surface area contributed by atoms with Crippen LogP contribution in [0.4, 0.5) is 0 Å². The molecule has 0 bridgehead atoms. The summed E-state index contributed by atoms with van der Waals surface area (Å²) in [6.45, 7) is 5.11. The molecule has 1 atom stereocenters. The van der Waals surface area contributed by atoms with Gasteiger partial charge in [-0.25, -0.2) is 0 Å². The molecular weight excluding hydrogens is 260 g/mol. The fourth-order valence-electron chi connectivity index (χ4n) is 2.66. The summed E-state index contributed by atoms with van der Waals surface area (Å²) in [6, 6.07) is 8.70. The molecule has 0 saturated carbocycles. The Morgan fingerprint density at radius 1 is 1.24 bits per heavy atom. The minimum absolute atomic E-state index is 0.274. The number of nitrogens with one attached hydrogen (secondary N) is 1. The first kappa shape index (κ1) is 13.8. The Labute approximate surface area is 124 Å². The molecule has 0 fully saturated rings. The maximum Gasteiger partial charge on any atom is 0.0540 e. The predicted molar refractivity (Wildman–Crippen MR) is 84.9 cm³/mol. The third-order valence-corrected chi connectivity index (χ3v) is 4.11. The predicted octanol–water partition coefficient (Wildman–Crippen LogP) is 3.13. The Morgan fingerprint density at radius 3 is 2.86 bits per heavy atom. The van der Waals surface area contributed by atoms with Crippen LogP contribution in [0.1, 0.15) is 29.8 Å². The van der Waals surface area contributed by atoms with Crippen molar-refractivity contribution in [3.05, 3.63) is 59.7 Å². The van der Waals surface area contributed by atoms with Gasteiger partial charge in [0.1, 0.15) is 0 Å². The summed E-state index contributed by atoms with van der Waals surface area (Å²) < 4.78 is 1.91. The van der Waals surface area contributed by atoms with Gasteiger partial charge in [0, 0.05) is 48.7 Å². The molecule has 0 aliphatic carbocycles. The molecule has 3 aromatic rings. The molecule has 2 heterocycles. The summed E-state index contributed by atoms with van der Waals surface area (Å²) >= 11 is 0. The van der Waals surface area contributed by atoms with Crippen LogP contribution in [0.25, 0.3) is 10.8 Å². The maximum absolute atomic E-state index is 4.31.